The molecule has 0 radical (unpaired) electrons. The van der Waals surface area contributed by atoms with Crippen LogP contribution < -0.4 is 5.73 Å². The highest BCUT2D eigenvalue weighted by Gasteiger charge is 2.17. The fourth-order valence-corrected chi connectivity index (χ4v) is 1.65. The van der Waals surface area contributed by atoms with Gasteiger partial charge in [0.25, 0.3) is 11.7 Å². The van der Waals surface area contributed by atoms with Crippen LogP contribution in [0.25, 0.3) is 0 Å². The van der Waals surface area contributed by atoms with Gasteiger partial charge in [0.05, 0.1) is 9.13 Å². The van der Waals surface area contributed by atoms with Gasteiger partial charge in [-0.05, 0) is 40.3 Å². The molecule has 0 fully saturated rings. The van der Waals surface area contributed by atoms with E-state index < -0.39 is 17.4 Å². The van der Waals surface area contributed by atoms with Crippen molar-refractivity contribution in [3.8, 4) is 0 Å². The van der Waals surface area contributed by atoms with Crippen molar-refractivity contribution in [1.82, 2.24) is 4.98 Å². The number of hydrogen-bond donors (Lipinski definition) is 1. The van der Waals surface area contributed by atoms with Crippen LogP contribution in [0.2, 0.25) is 0 Å². The van der Waals surface area contributed by atoms with E-state index in [9.17, 15) is 13.6 Å². The molecule has 14 heavy (non-hydrogen) atoms. The van der Waals surface area contributed by atoms with E-state index in [1.54, 1.807) is 22.6 Å². The zero-order valence-electron chi connectivity index (χ0n) is 6.60. The summed E-state index contributed by atoms with van der Waals surface area (Å²) >= 11 is 6.91. The first-order valence-corrected chi connectivity index (χ1v) is 4.83. The van der Waals surface area contributed by atoms with Gasteiger partial charge in [-0.1, -0.05) is 0 Å². The monoisotopic (exact) mass is 332 g/mol. The van der Waals surface area contributed by atoms with Crippen LogP contribution in [-0.2, 0) is 0 Å². The molecule has 0 amide bonds. The van der Waals surface area contributed by atoms with Crippen LogP contribution >= 0.6 is 34.2 Å². The maximum Gasteiger partial charge on any atom is 0.280 e. The highest BCUT2D eigenvalue weighted by atomic mass is 127. The number of nitrogen functional groups attached to an aromatic ring is 1. The van der Waals surface area contributed by atoms with Crippen molar-refractivity contribution in [1.29, 1.82) is 0 Å². The van der Waals surface area contributed by atoms with Crippen LogP contribution in [-0.4, -0.2) is 10.2 Å². The van der Waals surface area contributed by atoms with Crippen LogP contribution in [0.5, 0.6) is 0 Å². The second kappa shape index (κ2) is 4.35. The van der Waals surface area contributed by atoms with Gasteiger partial charge in [-0.2, -0.15) is 0 Å². The zero-order chi connectivity index (χ0) is 10.9. The van der Waals surface area contributed by atoms with Gasteiger partial charge >= 0.3 is 0 Å². The maximum absolute atomic E-state index is 12.2. The van der Waals surface area contributed by atoms with Crippen molar-refractivity contribution in [2.24, 2.45) is 0 Å². The SMILES string of the molecule is Nc1nc(C(F)F)cc(C(=O)Cl)c1I. The van der Waals surface area contributed by atoms with Crippen LogP contribution in [0.4, 0.5) is 14.6 Å². The first-order chi connectivity index (χ1) is 6.43. The minimum absolute atomic E-state index is 0.0462. The molecule has 1 rings (SSSR count). The summed E-state index contributed by atoms with van der Waals surface area (Å²) in [6.07, 6.45) is -2.77. The summed E-state index contributed by atoms with van der Waals surface area (Å²) in [5, 5.41) is -0.828. The minimum atomic E-state index is -2.77. The molecule has 0 unspecified atom stereocenters. The third kappa shape index (κ3) is 2.30. The molecule has 1 aromatic rings. The molecular weight excluding hydrogens is 328 g/mol. The predicted molar refractivity (Wildman–Crippen MR) is 56.5 cm³/mol. The van der Waals surface area contributed by atoms with Gasteiger partial charge in [-0.15, -0.1) is 0 Å². The molecule has 1 aromatic heterocycles. The fraction of sp³-hybridized carbons (Fsp3) is 0.143. The molecule has 0 bridgehead atoms. The Balaban J connectivity index is 3.35. The van der Waals surface area contributed by atoms with E-state index in [1.165, 1.54) is 0 Å². The van der Waals surface area contributed by atoms with Gasteiger partial charge in [0, 0.05) is 0 Å². The third-order valence-corrected chi connectivity index (χ3v) is 2.78. The van der Waals surface area contributed by atoms with Gasteiger partial charge in [-0.25, -0.2) is 13.8 Å². The first-order valence-electron chi connectivity index (χ1n) is 3.37. The number of halogens is 4. The molecule has 2 N–H and O–H groups in total. The number of carbonyl (C=O) groups is 1. The molecule has 0 spiro atoms. The first kappa shape index (κ1) is 11.6. The predicted octanol–water partition coefficient (Wildman–Crippen LogP) is 2.58. The van der Waals surface area contributed by atoms with Crippen LogP contribution in [0, 0.1) is 3.57 Å². The summed E-state index contributed by atoms with van der Waals surface area (Å²) in [6.45, 7) is 0. The number of nitrogens with zero attached hydrogens (tertiary/aromatic N) is 1. The van der Waals surface area contributed by atoms with E-state index in [1.807, 2.05) is 0 Å². The third-order valence-electron chi connectivity index (χ3n) is 1.44. The molecular formula is C7H4ClF2IN2O. The second-order valence-corrected chi connectivity index (χ2v) is 3.79. The number of rotatable bonds is 2. The Bertz CT molecular complexity index is 386. The summed E-state index contributed by atoms with van der Waals surface area (Å²) in [7, 11) is 0. The minimum Gasteiger partial charge on any atom is -0.383 e. The standard InChI is InChI=1S/C7H4ClF2IN2O/c8-5(14)2-1-3(6(9)10)13-7(12)4(2)11/h1,6H,(H2,12,13). The topological polar surface area (TPSA) is 56.0 Å². The Hall–Kier alpha value is -0.500. The van der Waals surface area contributed by atoms with Crippen LogP contribution in [0.1, 0.15) is 22.5 Å². The van der Waals surface area contributed by atoms with Crippen molar-refractivity contribution >= 4 is 45.3 Å². The molecule has 76 valence electrons. The lowest BCUT2D eigenvalue weighted by Gasteiger charge is -2.05. The molecule has 0 aliphatic rings. The summed E-state index contributed by atoms with van der Waals surface area (Å²) in [5.41, 5.74) is 4.74. The summed E-state index contributed by atoms with van der Waals surface area (Å²) in [6, 6.07) is 0.943. The van der Waals surface area contributed by atoms with Crippen LogP contribution in [0.15, 0.2) is 6.07 Å². The van der Waals surface area contributed by atoms with Gasteiger partial charge in [-0.3, -0.25) is 4.79 Å². The molecule has 7 heteroatoms. The number of alkyl halides is 2. The number of aromatic nitrogens is 1. The Morgan fingerprint density at radius 3 is 2.64 bits per heavy atom. The summed E-state index contributed by atoms with van der Waals surface area (Å²) in [4.78, 5) is 14.3. The van der Waals surface area contributed by atoms with E-state index in [0.29, 0.717) is 0 Å². The van der Waals surface area contributed by atoms with E-state index in [0.717, 1.165) is 6.07 Å². The molecule has 0 atom stereocenters. The Morgan fingerprint density at radius 1 is 1.64 bits per heavy atom. The zero-order valence-corrected chi connectivity index (χ0v) is 9.51. The van der Waals surface area contributed by atoms with E-state index in [-0.39, 0.29) is 15.0 Å². The summed E-state index contributed by atoms with van der Waals surface area (Å²) in [5.74, 6) is -0.118. The smallest absolute Gasteiger partial charge is 0.280 e. The number of hydrogen-bond acceptors (Lipinski definition) is 3. The maximum atomic E-state index is 12.2. The van der Waals surface area contributed by atoms with Crippen molar-refractivity contribution in [2.75, 3.05) is 5.73 Å². The van der Waals surface area contributed by atoms with Crippen molar-refractivity contribution in [3.05, 3.63) is 20.9 Å². The lowest BCUT2D eigenvalue weighted by Crippen LogP contribution is -2.05. The highest BCUT2D eigenvalue weighted by Crippen LogP contribution is 2.25. The number of nitrogens with two attached hydrogens (primary N) is 1. The molecule has 3 nitrogen and oxygen atoms in total. The number of carbonyl (C=O) groups excluding carboxylic acids is 1. The molecule has 0 aromatic carbocycles. The van der Waals surface area contributed by atoms with Gasteiger partial charge in [0.15, 0.2) is 0 Å². The molecule has 0 saturated carbocycles. The second-order valence-electron chi connectivity index (χ2n) is 2.37. The average Bonchev–Trinajstić information content (AvgIpc) is 2.08. The normalized spacial score (nSPS) is 10.6. The van der Waals surface area contributed by atoms with Crippen molar-refractivity contribution in [2.45, 2.75) is 6.43 Å². The molecule has 0 saturated heterocycles. The van der Waals surface area contributed by atoms with Gasteiger partial charge in [0.1, 0.15) is 11.5 Å². The van der Waals surface area contributed by atoms with E-state index in [2.05, 4.69) is 4.98 Å². The molecule has 0 aliphatic heterocycles. The fourth-order valence-electron chi connectivity index (χ4n) is 0.824. The van der Waals surface area contributed by atoms with Crippen molar-refractivity contribution < 1.29 is 13.6 Å². The van der Waals surface area contributed by atoms with E-state index >= 15 is 0 Å². The van der Waals surface area contributed by atoms with Gasteiger partial charge < -0.3 is 5.73 Å². The lowest BCUT2D eigenvalue weighted by molar-refractivity contribution is 0.107. The Labute approximate surface area is 96.8 Å². The summed E-state index contributed by atoms with van der Waals surface area (Å²) < 4.78 is 24.8. The lowest BCUT2D eigenvalue weighted by atomic mass is 10.2. The quantitative estimate of drug-likeness (QED) is 0.669. The Morgan fingerprint density at radius 2 is 2.21 bits per heavy atom. The molecule has 1 heterocycles. The average molecular weight is 332 g/mol. The number of pyridine rings is 1. The van der Waals surface area contributed by atoms with Crippen LogP contribution in [0.3, 0.4) is 0 Å². The Kier molecular flexibility index (Phi) is 3.59. The largest absolute Gasteiger partial charge is 0.383 e. The highest BCUT2D eigenvalue weighted by molar-refractivity contribution is 14.1. The van der Waals surface area contributed by atoms with Gasteiger partial charge in [0.2, 0.25) is 0 Å². The van der Waals surface area contributed by atoms with E-state index in [4.69, 9.17) is 17.3 Å². The molecule has 0 aliphatic carbocycles. The van der Waals surface area contributed by atoms with Crippen molar-refractivity contribution in [3.63, 3.8) is 0 Å². The number of anilines is 1.